The maximum Gasteiger partial charge on any atom is 0.0767 e. The molecule has 1 aromatic heterocycles. The number of aryl methyl sites for hydroxylation is 2. The number of nitrogens with two attached hydrogens (primary N) is 1. The maximum atomic E-state index is 5.71. The van der Waals surface area contributed by atoms with Gasteiger partial charge in [0.05, 0.1) is 15.9 Å². The first-order valence-electron chi connectivity index (χ1n) is 7.86. The number of halogens is 1. The monoisotopic (exact) mass is 342 g/mol. The van der Waals surface area contributed by atoms with E-state index >= 15 is 0 Å². The molecule has 2 N–H and O–H groups in total. The van der Waals surface area contributed by atoms with Crippen molar-refractivity contribution in [3.63, 3.8) is 0 Å². The van der Waals surface area contributed by atoms with Crippen molar-refractivity contribution in [2.24, 2.45) is 11.7 Å². The second-order valence-corrected chi connectivity index (χ2v) is 6.49. The predicted octanol–water partition coefficient (Wildman–Crippen LogP) is 2.79. The quantitative estimate of drug-likeness (QED) is 0.864. The van der Waals surface area contributed by atoms with Gasteiger partial charge in [0.15, 0.2) is 0 Å². The molecule has 2 heterocycles. The zero-order chi connectivity index (χ0) is 14.5. The summed E-state index contributed by atoms with van der Waals surface area (Å²) >= 11 is 3.75. The van der Waals surface area contributed by atoms with E-state index in [9.17, 15) is 0 Å². The third-order valence-electron chi connectivity index (χ3n) is 4.25. The highest BCUT2D eigenvalue weighted by Gasteiger charge is 2.22. The molecule has 0 radical (unpaired) electrons. The Morgan fingerprint density at radius 1 is 1.40 bits per heavy atom. The van der Waals surface area contributed by atoms with Crippen LogP contribution in [-0.2, 0) is 19.5 Å². The van der Waals surface area contributed by atoms with E-state index in [1.807, 2.05) is 0 Å². The van der Waals surface area contributed by atoms with Gasteiger partial charge in [-0.15, -0.1) is 0 Å². The molecule has 114 valence electrons. The van der Waals surface area contributed by atoms with Gasteiger partial charge in [0.2, 0.25) is 0 Å². The van der Waals surface area contributed by atoms with Crippen LogP contribution < -0.4 is 5.73 Å². The molecular formula is C15H27BrN4. The molecule has 2 rings (SSSR count). The van der Waals surface area contributed by atoms with E-state index in [2.05, 4.69) is 39.4 Å². The van der Waals surface area contributed by atoms with Crippen LogP contribution in [0.25, 0.3) is 0 Å². The molecule has 4 nitrogen and oxygen atoms in total. The Kier molecular flexibility index (Phi) is 6.05. The second-order valence-electron chi connectivity index (χ2n) is 5.70. The molecule has 1 saturated heterocycles. The highest BCUT2D eigenvalue weighted by atomic mass is 79.9. The molecule has 20 heavy (non-hydrogen) atoms. The van der Waals surface area contributed by atoms with E-state index in [1.54, 1.807) is 0 Å². The minimum atomic E-state index is 0.774. The lowest BCUT2D eigenvalue weighted by Crippen LogP contribution is -2.36. The van der Waals surface area contributed by atoms with E-state index in [0.29, 0.717) is 0 Å². The van der Waals surface area contributed by atoms with Crippen LogP contribution in [0, 0.1) is 5.92 Å². The summed E-state index contributed by atoms with van der Waals surface area (Å²) in [5, 5.41) is 4.69. The van der Waals surface area contributed by atoms with E-state index in [4.69, 9.17) is 10.8 Å². The van der Waals surface area contributed by atoms with Crippen LogP contribution in [0.5, 0.6) is 0 Å². The standard InChI is InChI=1S/C15H27BrN4/c1-3-13-15(16)14(20(4-2)18-13)11-19-9-5-6-12(10-19)7-8-17/h12H,3-11,17H2,1-2H3. The molecule has 1 fully saturated rings. The third-order valence-corrected chi connectivity index (χ3v) is 5.16. The van der Waals surface area contributed by atoms with Crippen LogP contribution in [0.3, 0.4) is 0 Å². The van der Waals surface area contributed by atoms with Crippen molar-refractivity contribution < 1.29 is 0 Å². The normalized spacial score (nSPS) is 20.5. The zero-order valence-electron chi connectivity index (χ0n) is 12.7. The molecule has 1 atom stereocenters. The summed E-state index contributed by atoms with van der Waals surface area (Å²) in [5.41, 5.74) is 8.22. The lowest BCUT2D eigenvalue weighted by molar-refractivity contribution is 0.159. The lowest BCUT2D eigenvalue weighted by atomic mass is 9.95. The number of rotatable bonds is 6. The van der Waals surface area contributed by atoms with E-state index in [0.717, 1.165) is 38.4 Å². The van der Waals surface area contributed by atoms with Gasteiger partial charge in [-0.05, 0) is 67.5 Å². The summed E-state index contributed by atoms with van der Waals surface area (Å²) in [6.07, 6.45) is 4.77. The molecule has 0 aliphatic carbocycles. The zero-order valence-corrected chi connectivity index (χ0v) is 14.3. The predicted molar refractivity (Wildman–Crippen MR) is 86.7 cm³/mol. The molecule has 0 amide bonds. The van der Waals surface area contributed by atoms with Crippen LogP contribution in [0.2, 0.25) is 0 Å². The number of hydrogen-bond acceptors (Lipinski definition) is 3. The highest BCUT2D eigenvalue weighted by molar-refractivity contribution is 9.10. The molecule has 0 saturated carbocycles. The van der Waals surface area contributed by atoms with Crippen molar-refractivity contribution in [3.8, 4) is 0 Å². The Morgan fingerprint density at radius 3 is 2.85 bits per heavy atom. The average molecular weight is 343 g/mol. The van der Waals surface area contributed by atoms with Gasteiger partial charge in [-0.2, -0.15) is 5.10 Å². The first-order chi connectivity index (χ1) is 9.69. The first-order valence-corrected chi connectivity index (χ1v) is 8.65. The van der Waals surface area contributed by atoms with Crippen molar-refractivity contribution in [2.45, 2.75) is 52.6 Å². The summed E-state index contributed by atoms with van der Waals surface area (Å²) in [6.45, 7) is 9.46. The van der Waals surface area contributed by atoms with Gasteiger partial charge in [-0.1, -0.05) is 6.92 Å². The molecule has 0 aromatic carbocycles. The summed E-state index contributed by atoms with van der Waals surface area (Å²) in [4.78, 5) is 2.57. The van der Waals surface area contributed by atoms with Gasteiger partial charge >= 0.3 is 0 Å². The molecular weight excluding hydrogens is 316 g/mol. The Hall–Kier alpha value is -0.390. The largest absolute Gasteiger partial charge is 0.330 e. The van der Waals surface area contributed by atoms with Gasteiger partial charge in [0.25, 0.3) is 0 Å². The number of hydrogen-bond donors (Lipinski definition) is 1. The van der Waals surface area contributed by atoms with Crippen LogP contribution in [0.1, 0.15) is 44.5 Å². The van der Waals surface area contributed by atoms with Gasteiger partial charge < -0.3 is 5.73 Å². The number of aromatic nitrogens is 2. The van der Waals surface area contributed by atoms with E-state index in [-0.39, 0.29) is 0 Å². The van der Waals surface area contributed by atoms with Crippen LogP contribution in [0.4, 0.5) is 0 Å². The smallest absolute Gasteiger partial charge is 0.0767 e. The minimum absolute atomic E-state index is 0.774. The Morgan fingerprint density at radius 2 is 2.20 bits per heavy atom. The Bertz CT molecular complexity index is 428. The molecule has 1 aliphatic rings. The number of nitrogens with zero attached hydrogens (tertiary/aromatic N) is 3. The van der Waals surface area contributed by atoms with E-state index in [1.165, 1.54) is 41.8 Å². The average Bonchev–Trinajstić information content (AvgIpc) is 2.76. The fraction of sp³-hybridized carbons (Fsp3) is 0.800. The number of likely N-dealkylation sites (tertiary alicyclic amines) is 1. The van der Waals surface area contributed by atoms with Crippen molar-refractivity contribution in [1.29, 1.82) is 0 Å². The minimum Gasteiger partial charge on any atom is -0.330 e. The van der Waals surface area contributed by atoms with Gasteiger partial charge in [-0.3, -0.25) is 9.58 Å². The maximum absolute atomic E-state index is 5.71. The lowest BCUT2D eigenvalue weighted by Gasteiger charge is -2.32. The van der Waals surface area contributed by atoms with Gasteiger partial charge in [0.1, 0.15) is 0 Å². The summed E-state index contributed by atoms with van der Waals surface area (Å²) in [7, 11) is 0. The fourth-order valence-electron chi connectivity index (χ4n) is 3.15. The molecule has 1 unspecified atom stereocenters. The Labute approximate surface area is 130 Å². The molecule has 0 bridgehead atoms. The molecule has 0 spiro atoms. The number of piperidine rings is 1. The van der Waals surface area contributed by atoms with E-state index < -0.39 is 0 Å². The van der Waals surface area contributed by atoms with Crippen LogP contribution in [0.15, 0.2) is 4.47 Å². The van der Waals surface area contributed by atoms with Crippen molar-refractivity contribution in [1.82, 2.24) is 14.7 Å². The highest BCUT2D eigenvalue weighted by Crippen LogP contribution is 2.26. The fourth-order valence-corrected chi connectivity index (χ4v) is 3.84. The topological polar surface area (TPSA) is 47.1 Å². The molecule has 5 heteroatoms. The molecule has 1 aromatic rings. The van der Waals surface area contributed by atoms with Crippen LogP contribution >= 0.6 is 15.9 Å². The summed E-state index contributed by atoms with van der Waals surface area (Å²) in [5.74, 6) is 0.774. The van der Waals surface area contributed by atoms with Gasteiger partial charge in [0, 0.05) is 19.6 Å². The van der Waals surface area contributed by atoms with Crippen molar-refractivity contribution >= 4 is 15.9 Å². The van der Waals surface area contributed by atoms with Crippen LogP contribution in [-0.4, -0.2) is 34.3 Å². The summed E-state index contributed by atoms with van der Waals surface area (Å²) in [6, 6.07) is 0. The first kappa shape index (κ1) is 16.0. The second kappa shape index (κ2) is 7.57. The molecule has 1 aliphatic heterocycles. The Balaban J connectivity index is 2.07. The summed E-state index contributed by atoms with van der Waals surface area (Å²) < 4.78 is 3.36. The van der Waals surface area contributed by atoms with Gasteiger partial charge in [-0.25, -0.2) is 0 Å². The third kappa shape index (κ3) is 3.62. The van der Waals surface area contributed by atoms with Crippen molar-refractivity contribution in [3.05, 3.63) is 15.9 Å². The van der Waals surface area contributed by atoms with Crippen molar-refractivity contribution in [2.75, 3.05) is 19.6 Å². The SMILES string of the molecule is CCc1nn(CC)c(CN2CCCC(CCN)C2)c1Br.